The van der Waals surface area contributed by atoms with Gasteiger partial charge in [0.15, 0.2) is 0 Å². The molecule has 0 heterocycles. The fourth-order valence-corrected chi connectivity index (χ4v) is 2.60. The summed E-state index contributed by atoms with van der Waals surface area (Å²) in [6.45, 7) is 0.752. The Bertz CT molecular complexity index is 553. The van der Waals surface area contributed by atoms with E-state index in [0.29, 0.717) is 11.8 Å². The average Bonchev–Trinajstić information content (AvgIpc) is 3.19. The molecule has 100 valence electrons. The van der Waals surface area contributed by atoms with Gasteiger partial charge in [0, 0.05) is 0 Å². The maximum Gasteiger partial charge on any atom is 0.123 e. The number of benzene rings is 2. The molecule has 2 atom stereocenters. The van der Waals surface area contributed by atoms with Crippen LogP contribution in [0.1, 0.15) is 17.9 Å². The molecule has 0 saturated heterocycles. The maximum absolute atomic E-state index is 13.0. The van der Waals surface area contributed by atoms with E-state index < -0.39 is 0 Å². The summed E-state index contributed by atoms with van der Waals surface area (Å²) in [5.74, 6) is 1.00. The van der Waals surface area contributed by atoms with E-state index in [-0.39, 0.29) is 18.2 Å². The highest BCUT2D eigenvalue weighted by atomic mass is 35.5. The maximum atomic E-state index is 13.0. The van der Waals surface area contributed by atoms with Crippen LogP contribution in [0.25, 0.3) is 11.1 Å². The van der Waals surface area contributed by atoms with E-state index in [1.165, 1.54) is 29.7 Å². The van der Waals surface area contributed by atoms with E-state index in [1.54, 1.807) is 0 Å². The minimum Gasteiger partial charge on any atom is -0.330 e. The molecule has 0 spiro atoms. The van der Waals surface area contributed by atoms with Crippen LogP contribution in [0, 0.1) is 11.7 Å². The number of nitrogens with two attached hydrogens (primary N) is 1. The van der Waals surface area contributed by atoms with Gasteiger partial charge in [0.1, 0.15) is 5.82 Å². The van der Waals surface area contributed by atoms with Gasteiger partial charge in [-0.05, 0) is 53.6 Å². The van der Waals surface area contributed by atoms with Gasteiger partial charge in [0.2, 0.25) is 0 Å². The molecule has 3 rings (SSSR count). The van der Waals surface area contributed by atoms with Gasteiger partial charge in [0.05, 0.1) is 0 Å². The third kappa shape index (κ3) is 2.80. The molecule has 0 radical (unpaired) electrons. The van der Waals surface area contributed by atoms with Crippen molar-refractivity contribution < 1.29 is 4.39 Å². The van der Waals surface area contributed by atoms with Crippen molar-refractivity contribution in [1.82, 2.24) is 0 Å². The van der Waals surface area contributed by atoms with Crippen molar-refractivity contribution in [3.8, 4) is 11.1 Å². The molecule has 2 N–H and O–H groups in total. The number of rotatable bonds is 3. The second-order valence-corrected chi connectivity index (χ2v) is 4.93. The highest BCUT2D eigenvalue weighted by Gasteiger charge is 2.38. The molecule has 2 aromatic carbocycles. The number of halogens is 2. The van der Waals surface area contributed by atoms with Crippen LogP contribution in [0.3, 0.4) is 0 Å². The van der Waals surface area contributed by atoms with Crippen molar-refractivity contribution in [3.63, 3.8) is 0 Å². The number of hydrogen-bond acceptors (Lipinski definition) is 1. The van der Waals surface area contributed by atoms with Crippen molar-refractivity contribution in [2.75, 3.05) is 6.54 Å². The fourth-order valence-electron chi connectivity index (χ4n) is 2.60. The summed E-state index contributed by atoms with van der Waals surface area (Å²) in [4.78, 5) is 0. The fraction of sp³-hybridized carbons (Fsp3) is 0.250. The summed E-state index contributed by atoms with van der Waals surface area (Å²) >= 11 is 0. The zero-order chi connectivity index (χ0) is 12.5. The topological polar surface area (TPSA) is 26.0 Å². The van der Waals surface area contributed by atoms with Crippen molar-refractivity contribution >= 4 is 12.4 Å². The largest absolute Gasteiger partial charge is 0.330 e. The summed E-state index contributed by atoms with van der Waals surface area (Å²) in [6, 6.07) is 15.1. The smallest absolute Gasteiger partial charge is 0.123 e. The van der Waals surface area contributed by atoms with Crippen LogP contribution in [0.5, 0.6) is 0 Å². The monoisotopic (exact) mass is 277 g/mol. The minimum atomic E-state index is -0.192. The zero-order valence-corrected chi connectivity index (χ0v) is 11.4. The van der Waals surface area contributed by atoms with E-state index >= 15 is 0 Å². The Morgan fingerprint density at radius 3 is 2.37 bits per heavy atom. The molecule has 1 saturated carbocycles. The van der Waals surface area contributed by atoms with Crippen molar-refractivity contribution in [2.24, 2.45) is 11.7 Å². The Labute approximate surface area is 119 Å². The van der Waals surface area contributed by atoms with E-state index in [4.69, 9.17) is 5.73 Å². The van der Waals surface area contributed by atoms with Gasteiger partial charge in [-0.2, -0.15) is 0 Å². The summed E-state index contributed by atoms with van der Waals surface area (Å²) in [7, 11) is 0. The lowest BCUT2D eigenvalue weighted by Crippen LogP contribution is -2.02. The van der Waals surface area contributed by atoms with Crippen LogP contribution < -0.4 is 5.73 Å². The number of hydrogen-bond donors (Lipinski definition) is 1. The molecule has 0 amide bonds. The average molecular weight is 278 g/mol. The first-order valence-corrected chi connectivity index (χ1v) is 6.34. The molecule has 0 bridgehead atoms. The SMILES string of the molecule is Cl.NCC1CC1c1ccccc1-c1ccc(F)cc1. The predicted molar refractivity (Wildman–Crippen MR) is 79.0 cm³/mol. The first kappa shape index (κ1) is 14.0. The van der Waals surface area contributed by atoms with Crippen LogP contribution in [-0.4, -0.2) is 6.54 Å². The summed E-state index contributed by atoms with van der Waals surface area (Å²) in [6.07, 6.45) is 1.18. The lowest BCUT2D eigenvalue weighted by molar-refractivity contribution is 0.628. The zero-order valence-electron chi connectivity index (χ0n) is 10.6. The van der Waals surface area contributed by atoms with Crippen LogP contribution in [-0.2, 0) is 0 Å². The van der Waals surface area contributed by atoms with Gasteiger partial charge in [-0.1, -0.05) is 36.4 Å². The first-order valence-electron chi connectivity index (χ1n) is 6.34. The second-order valence-electron chi connectivity index (χ2n) is 4.93. The Hall–Kier alpha value is -1.38. The molecule has 0 aliphatic heterocycles. The van der Waals surface area contributed by atoms with E-state index in [0.717, 1.165) is 12.1 Å². The molecule has 0 aromatic heterocycles. The first-order chi connectivity index (χ1) is 8.79. The van der Waals surface area contributed by atoms with Crippen LogP contribution in [0.4, 0.5) is 4.39 Å². The minimum absolute atomic E-state index is 0. The third-order valence-electron chi connectivity index (χ3n) is 3.74. The predicted octanol–water partition coefficient (Wildman–Crippen LogP) is 3.98. The Balaban J connectivity index is 0.00000133. The Morgan fingerprint density at radius 2 is 1.74 bits per heavy atom. The van der Waals surface area contributed by atoms with Crippen LogP contribution >= 0.6 is 12.4 Å². The van der Waals surface area contributed by atoms with Gasteiger partial charge >= 0.3 is 0 Å². The van der Waals surface area contributed by atoms with Crippen molar-refractivity contribution in [3.05, 3.63) is 59.9 Å². The van der Waals surface area contributed by atoms with E-state index in [1.807, 2.05) is 18.2 Å². The van der Waals surface area contributed by atoms with Crippen molar-refractivity contribution in [1.29, 1.82) is 0 Å². The molecular formula is C16H17ClFN. The summed E-state index contributed by atoms with van der Waals surface area (Å²) in [5.41, 5.74) is 9.35. The molecule has 1 fully saturated rings. The second kappa shape index (κ2) is 5.72. The molecule has 2 unspecified atom stereocenters. The molecule has 2 aromatic rings. The highest BCUT2D eigenvalue weighted by molar-refractivity contribution is 5.85. The normalized spacial score (nSPS) is 20.7. The molecule has 1 aliphatic rings. The molecular weight excluding hydrogens is 261 g/mol. The van der Waals surface area contributed by atoms with Crippen LogP contribution in [0.15, 0.2) is 48.5 Å². The standard InChI is InChI=1S/C16H16FN.ClH/c17-13-7-5-11(6-8-13)14-3-1-2-4-15(14)16-9-12(16)10-18;/h1-8,12,16H,9-10,18H2;1H. The summed E-state index contributed by atoms with van der Waals surface area (Å²) in [5, 5.41) is 0. The van der Waals surface area contributed by atoms with Gasteiger partial charge in [-0.15, -0.1) is 12.4 Å². The molecule has 3 heteroatoms. The highest BCUT2D eigenvalue weighted by Crippen LogP contribution is 2.49. The van der Waals surface area contributed by atoms with Gasteiger partial charge in [0.25, 0.3) is 0 Å². The van der Waals surface area contributed by atoms with Gasteiger partial charge < -0.3 is 5.73 Å². The molecule has 1 aliphatic carbocycles. The van der Waals surface area contributed by atoms with E-state index in [9.17, 15) is 4.39 Å². The van der Waals surface area contributed by atoms with Crippen LogP contribution in [0.2, 0.25) is 0 Å². The third-order valence-corrected chi connectivity index (χ3v) is 3.74. The van der Waals surface area contributed by atoms with Gasteiger partial charge in [-0.3, -0.25) is 0 Å². The van der Waals surface area contributed by atoms with E-state index in [2.05, 4.69) is 18.2 Å². The quantitative estimate of drug-likeness (QED) is 0.902. The molecule has 19 heavy (non-hydrogen) atoms. The Kier molecular flexibility index (Phi) is 4.23. The lowest BCUT2D eigenvalue weighted by Gasteiger charge is -2.09. The van der Waals surface area contributed by atoms with Crippen molar-refractivity contribution in [2.45, 2.75) is 12.3 Å². The Morgan fingerprint density at radius 1 is 1.05 bits per heavy atom. The van der Waals surface area contributed by atoms with Gasteiger partial charge in [-0.25, -0.2) is 4.39 Å². The molecule has 1 nitrogen and oxygen atoms in total. The lowest BCUT2D eigenvalue weighted by atomic mass is 9.96. The summed E-state index contributed by atoms with van der Waals surface area (Å²) < 4.78 is 13.0.